The standard InChI is InChI=1S/C49H46N2/c1-36-10-23-43(24-11-36)50(44-25-12-37(2)13-26-44)47-31-18-40(19-32-47)20-35-49(41-8-6-5-7-9-41)42-21-33-48(34-22-42)51(45-27-14-38(3)15-28-45)46-29-16-39(4)17-30-46/h5-19,21-34,49H,20,35H2,1-4H3. The third-order valence-electron chi connectivity index (χ3n) is 9.84. The summed E-state index contributed by atoms with van der Waals surface area (Å²) in [5, 5.41) is 0. The van der Waals surface area contributed by atoms with Crippen LogP contribution in [0.3, 0.4) is 0 Å². The monoisotopic (exact) mass is 662 g/mol. The van der Waals surface area contributed by atoms with E-state index in [4.69, 9.17) is 0 Å². The highest BCUT2D eigenvalue weighted by Gasteiger charge is 2.18. The molecule has 0 aliphatic carbocycles. The Labute approximate surface area is 304 Å². The van der Waals surface area contributed by atoms with Crippen molar-refractivity contribution >= 4 is 34.1 Å². The van der Waals surface area contributed by atoms with Crippen LogP contribution in [0.5, 0.6) is 0 Å². The highest BCUT2D eigenvalue weighted by molar-refractivity contribution is 5.78. The Morgan fingerprint density at radius 2 is 0.627 bits per heavy atom. The highest BCUT2D eigenvalue weighted by atomic mass is 15.1. The summed E-state index contributed by atoms with van der Waals surface area (Å²) in [6, 6.07) is 64.5. The first-order valence-electron chi connectivity index (χ1n) is 18.0. The van der Waals surface area contributed by atoms with Crippen molar-refractivity contribution in [3.8, 4) is 0 Å². The zero-order valence-corrected chi connectivity index (χ0v) is 30.1. The number of hydrogen-bond donors (Lipinski definition) is 0. The number of aryl methyl sites for hydroxylation is 5. The molecule has 0 saturated heterocycles. The molecule has 0 heterocycles. The Morgan fingerprint density at radius 3 is 0.980 bits per heavy atom. The predicted molar refractivity (Wildman–Crippen MR) is 218 cm³/mol. The lowest BCUT2D eigenvalue weighted by molar-refractivity contribution is 0.715. The third-order valence-corrected chi connectivity index (χ3v) is 9.84. The summed E-state index contributed by atoms with van der Waals surface area (Å²) in [5.41, 5.74) is 16.0. The van der Waals surface area contributed by atoms with Crippen LogP contribution in [-0.2, 0) is 6.42 Å². The topological polar surface area (TPSA) is 6.48 Å². The fourth-order valence-corrected chi connectivity index (χ4v) is 6.86. The first kappa shape index (κ1) is 33.6. The molecular formula is C49H46N2. The van der Waals surface area contributed by atoms with E-state index >= 15 is 0 Å². The van der Waals surface area contributed by atoms with Gasteiger partial charge in [-0.2, -0.15) is 0 Å². The van der Waals surface area contributed by atoms with Crippen molar-refractivity contribution in [2.75, 3.05) is 9.80 Å². The average Bonchev–Trinajstić information content (AvgIpc) is 3.16. The van der Waals surface area contributed by atoms with Crippen molar-refractivity contribution in [3.63, 3.8) is 0 Å². The van der Waals surface area contributed by atoms with Gasteiger partial charge in [-0.05, 0) is 130 Å². The molecule has 7 rings (SSSR count). The molecule has 0 aromatic heterocycles. The van der Waals surface area contributed by atoms with Crippen LogP contribution in [0.25, 0.3) is 0 Å². The van der Waals surface area contributed by atoms with Gasteiger partial charge in [0.15, 0.2) is 0 Å². The molecule has 0 aliphatic heterocycles. The molecule has 51 heavy (non-hydrogen) atoms. The van der Waals surface area contributed by atoms with E-state index in [1.807, 2.05) is 0 Å². The Kier molecular flexibility index (Phi) is 10.1. The molecule has 0 N–H and O–H groups in total. The van der Waals surface area contributed by atoms with Crippen molar-refractivity contribution in [2.45, 2.75) is 46.5 Å². The van der Waals surface area contributed by atoms with E-state index in [2.05, 4.69) is 213 Å². The molecule has 0 fully saturated rings. The van der Waals surface area contributed by atoms with Gasteiger partial charge in [-0.25, -0.2) is 0 Å². The van der Waals surface area contributed by atoms with Crippen LogP contribution in [0.15, 0.2) is 176 Å². The Balaban J connectivity index is 1.15. The molecule has 2 nitrogen and oxygen atoms in total. The second kappa shape index (κ2) is 15.4. The van der Waals surface area contributed by atoms with Crippen molar-refractivity contribution < 1.29 is 0 Å². The summed E-state index contributed by atoms with van der Waals surface area (Å²) < 4.78 is 0. The van der Waals surface area contributed by atoms with Crippen LogP contribution < -0.4 is 9.80 Å². The Hall–Kier alpha value is -5.86. The van der Waals surface area contributed by atoms with Gasteiger partial charge in [-0.1, -0.05) is 125 Å². The number of rotatable bonds is 11. The predicted octanol–water partition coefficient (Wildman–Crippen LogP) is 13.6. The fourth-order valence-electron chi connectivity index (χ4n) is 6.86. The van der Waals surface area contributed by atoms with Crippen molar-refractivity contribution in [1.82, 2.24) is 0 Å². The van der Waals surface area contributed by atoms with Crippen LogP contribution in [0.4, 0.5) is 34.1 Å². The lowest BCUT2D eigenvalue weighted by Crippen LogP contribution is -2.11. The lowest BCUT2D eigenvalue weighted by atomic mass is 9.86. The summed E-state index contributed by atoms with van der Waals surface area (Å²) in [7, 11) is 0. The molecule has 0 amide bonds. The molecular weight excluding hydrogens is 617 g/mol. The van der Waals surface area contributed by atoms with Gasteiger partial charge >= 0.3 is 0 Å². The van der Waals surface area contributed by atoms with Gasteiger partial charge in [0.1, 0.15) is 0 Å². The smallest absolute Gasteiger partial charge is 0.0461 e. The minimum absolute atomic E-state index is 0.281. The summed E-state index contributed by atoms with van der Waals surface area (Å²) in [6.07, 6.45) is 2.00. The van der Waals surface area contributed by atoms with Gasteiger partial charge in [0.25, 0.3) is 0 Å². The number of benzene rings is 7. The van der Waals surface area contributed by atoms with E-state index in [0.717, 1.165) is 47.0 Å². The molecule has 1 unspecified atom stereocenters. The van der Waals surface area contributed by atoms with Gasteiger partial charge in [0, 0.05) is 40.0 Å². The quantitative estimate of drug-likeness (QED) is 0.136. The summed E-state index contributed by atoms with van der Waals surface area (Å²) >= 11 is 0. The SMILES string of the molecule is Cc1ccc(N(c2ccc(C)cc2)c2ccc(CCC(c3ccccc3)c3ccc(N(c4ccc(C)cc4)c4ccc(C)cc4)cc3)cc2)cc1. The van der Waals surface area contributed by atoms with E-state index in [1.54, 1.807) is 0 Å². The van der Waals surface area contributed by atoms with Crippen molar-refractivity contribution in [2.24, 2.45) is 0 Å². The van der Waals surface area contributed by atoms with Crippen LogP contribution >= 0.6 is 0 Å². The summed E-state index contributed by atoms with van der Waals surface area (Å²) in [4.78, 5) is 4.69. The number of hydrogen-bond acceptors (Lipinski definition) is 2. The fraction of sp³-hybridized carbons (Fsp3) is 0.143. The third kappa shape index (κ3) is 7.97. The molecule has 1 atom stereocenters. The molecule has 0 saturated carbocycles. The molecule has 0 spiro atoms. The highest BCUT2D eigenvalue weighted by Crippen LogP contribution is 2.38. The molecule has 2 heteroatoms. The van der Waals surface area contributed by atoms with E-state index in [-0.39, 0.29) is 5.92 Å². The minimum Gasteiger partial charge on any atom is -0.311 e. The minimum atomic E-state index is 0.281. The normalized spacial score (nSPS) is 11.6. The molecule has 0 bridgehead atoms. The van der Waals surface area contributed by atoms with Crippen LogP contribution in [-0.4, -0.2) is 0 Å². The van der Waals surface area contributed by atoms with Gasteiger partial charge in [-0.3, -0.25) is 0 Å². The van der Waals surface area contributed by atoms with Gasteiger partial charge in [0.05, 0.1) is 0 Å². The van der Waals surface area contributed by atoms with E-state index in [9.17, 15) is 0 Å². The first-order chi connectivity index (χ1) is 24.9. The molecule has 252 valence electrons. The van der Waals surface area contributed by atoms with Gasteiger partial charge < -0.3 is 9.80 Å². The van der Waals surface area contributed by atoms with Crippen molar-refractivity contribution in [3.05, 3.63) is 215 Å². The maximum atomic E-state index is 2.35. The average molecular weight is 663 g/mol. The van der Waals surface area contributed by atoms with Crippen LogP contribution in [0, 0.1) is 27.7 Å². The number of nitrogens with zero attached hydrogens (tertiary/aromatic N) is 2. The zero-order chi connectivity index (χ0) is 35.2. The lowest BCUT2D eigenvalue weighted by Gasteiger charge is -2.27. The van der Waals surface area contributed by atoms with Gasteiger partial charge in [0.2, 0.25) is 0 Å². The van der Waals surface area contributed by atoms with E-state index < -0.39 is 0 Å². The molecule has 7 aromatic rings. The summed E-state index contributed by atoms with van der Waals surface area (Å²) in [5.74, 6) is 0.281. The first-order valence-corrected chi connectivity index (χ1v) is 18.0. The van der Waals surface area contributed by atoms with E-state index in [1.165, 1.54) is 38.9 Å². The second-order valence-corrected chi connectivity index (χ2v) is 13.8. The van der Waals surface area contributed by atoms with Gasteiger partial charge in [-0.15, -0.1) is 0 Å². The molecule has 0 radical (unpaired) electrons. The van der Waals surface area contributed by atoms with Crippen LogP contribution in [0.2, 0.25) is 0 Å². The number of anilines is 6. The molecule has 0 aliphatic rings. The second-order valence-electron chi connectivity index (χ2n) is 13.8. The van der Waals surface area contributed by atoms with E-state index in [0.29, 0.717) is 0 Å². The largest absolute Gasteiger partial charge is 0.311 e. The maximum Gasteiger partial charge on any atom is 0.0461 e. The summed E-state index contributed by atoms with van der Waals surface area (Å²) in [6.45, 7) is 8.55. The van der Waals surface area contributed by atoms with Crippen LogP contribution in [0.1, 0.15) is 51.3 Å². The zero-order valence-electron chi connectivity index (χ0n) is 30.1. The Bertz CT molecular complexity index is 2040. The maximum absolute atomic E-state index is 2.35. The van der Waals surface area contributed by atoms with Crippen molar-refractivity contribution in [1.29, 1.82) is 0 Å². The molecule has 7 aromatic carbocycles. The Morgan fingerprint density at radius 1 is 0.333 bits per heavy atom.